The van der Waals surface area contributed by atoms with E-state index in [9.17, 15) is 0 Å². The Morgan fingerprint density at radius 3 is 2.79 bits per heavy atom. The Bertz CT molecular complexity index is 420. The molecule has 0 spiro atoms. The molecule has 0 radical (unpaired) electrons. The molecule has 0 N–H and O–H groups in total. The van der Waals surface area contributed by atoms with Crippen molar-refractivity contribution in [1.29, 1.82) is 0 Å². The van der Waals surface area contributed by atoms with Crippen molar-refractivity contribution in [3.05, 3.63) is 46.7 Å². The first-order chi connectivity index (χ1) is 6.77. The van der Waals surface area contributed by atoms with E-state index in [4.69, 9.17) is 12.2 Å². The topological polar surface area (TPSA) is 12.9 Å². The quantitative estimate of drug-likeness (QED) is 0.721. The molecule has 0 atom stereocenters. The Kier molecular flexibility index (Phi) is 2.89. The number of aromatic nitrogens is 1. The highest BCUT2D eigenvalue weighted by Gasteiger charge is 2.12. The van der Waals surface area contributed by atoms with Crippen molar-refractivity contribution in [2.75, 3.05) is 0 Å². The van der Waals surface area contributed by atoms with Crippen LogP contribution in [0.25, 0.3) is 5.57 Å². The van der Waals surface area contributed by atoms with Gasteiger partial charge in [-0.25, -0.2) is 0 Å². The van der Waals surface area contributed by atoms with E-state index in [0.29, 0.717) is 0 Å². The second kappa shape index (κ2) is 4.15. The van der Waals surface area contributed by atoms with Crippen LogP contribution in [0.1, 0.15) is 12.1 Å². The number of rotatable bonds is 1. The maximum atomic E-state index is 5.31. The van der Waals surface area contributed by atoms with Crippen LogP contribution in [-0.4, -0.2) is 9.85 Å². The molecule has 2 rings (SSSR count). The molecule has 1 aromatic heterocycles. The van der Waals surface area contributed by atoms with Gasteiger partial charge in [0.25, 0.3) is 0 Å². The van der Waals surface area contributed by atoms with Gasteiger partial charge >= 0.3 is 0 Å². The average molecular weight is 266 g/mol. The minimum absolute atomic E-state index is 0.803. The van der Waals surface area contributed by atoms with Crippen LogP contribution in [0.15, 0.2) is 41.0 Å². The molecule has 0 bridgehead atoms. The summed E-state index contributed by atoms with van der Waals surface area (Å²) in [5.74, 6) is 0. The standard InChI is InChI=1S/C11H8BrNS/c12-8-4-5-9(11(14)7-8)10-3-1-2-6-13-10/h1-6H,7H2. The molecule has 14 heavy (non-hydrogen) atoms. The first-order valence-corrected chi connectivity index (χ1v) is 5.48. The van der Waals surface area contributed by atoms with Gasteiger partial charge in [0.05, 0.1) is 5.69 Å². The number of allylic oxidation sites excluding steroid dienone is 4. The van der Waals surface area contributed by atoms with Gasteiger partial charge in [-0.3, -0.25) is 4.98 Å². The van der Waals surface area contributed by atoms with Gasteiger partial charge in [-0.2, -0.15) is 0 Å². The molecule has 0 aromatic carbocycles. The summed E-state index contributed by atoms with van der Waals surface area (Å²) in [5.41, 5.74) is 2.01. The fourth-order valence-electron chi connectivity index (χ4n) is 1.32. The van der Waals surface area contributed by atoms with Crippen molar-refractivity contribution in [2.45, 2.75) is 6.42 Å². The van der Waals surface area contributed by atoms with E-state index in [-0.39, 0.29) is 0 Å². The Balaban J connectivity index is 2.41. The number of hydrogen-bond acceptors (Lipinski definition) is 2. The van der Waals surface area contributed by atoms with Crippen LogP contribution >= 0.6 is 28.1 Å². The zero-order valence-corrected chi connectivity index (χ0v) is 9.81. The number of pyridine rings is 1. The minimum atomic E-state index is 0.803. The maximum Gasteiger partial charge on any atom is 0.0713 e. The predicted molar refractivity (Wildman–Crippen MR) is 66.4 cm³/mol. The molecule has 1 aromatic rings. The lowest BCUT2D eigenvalue weighted by atomic mass is 10.0. The van der Waals surface area contributed by atoms with E-state index in [1.54, 1.807) is 6.20 Å². The van der Waals surface area contributed by atoms with Crippen LogP contribution < -0.4 is 0 Å². The monoisotopic (exact) mass is 265 g/mol. The van der Waals surface area contributed by atoms with Crippen LogP contribution in [0.5, 0.6) is 0 Å². The minimum Gasteiger partial charge on any atom is -0.256 e. The van der Waals surface area contributed by atoms with Gasteiger partial charge in [0.2, 0.25) is 0 Å². The summed E-state index contributed by atoms with van der Waals surface area (Å²) in [6.45, 7) is 0. The summed E-state index contributed by atoms with van der Waals surface area (Å²) in [6, 6.07) is 5.85. The molecule has 0 saturated carbocycles. The van der Waals surface area contributed by atoms with Crippen LogP contribution in [0.3, 0.4) is 0 Å². The van der Waals surface area contributed by atoms with Crippen molar-refractivity contribution in [3.8, 4) is 0 Å². The molecule has 1 aliphatic rings. The third-order valence-corrected chi connectivity index (χ3v) is 2.91. The molecular weight excluding hydrogens is 258 g/mol. The van der Waals surface area contributed by atoms with Gasteiger partial charge in [-0.15, -0.1) is 0 Å². The van der Waals surface area contributed by atoms with Gasteiger partial charge in [0, 0.05) is 27.5 Å². The first kappa shape index (κ1) is 9.74. The first-order valence-electron chi connectivity index (χ1n) is 4.28. The molecule has 0 fully saturated rings. The third kappa shape index (κ3) is 1.99. The van der Waals surface area contributed by atoms with Gasteiger partial charge in [-0.05, 0) is 12.1 Å². The molecule has 1 nitrogen and oxygen atoms in total. The van der Waals surface area contributed by atoms with E-state index < -0.39 is 0 Å². The van der Waals surface area contributed by atoms with E-state index >= 15 is 0 Å². The molecule has 3 heteroatoms. The van der Waals surface area contributed by atoms with Gasteiger partial charge in [0.1, 0.15) is 0 Å². The lowest BCUT2D eigenvalue weighted by Crippen LogP contribution is -2.03. The number of hydrogen-bond donors (Lipinski definition) is 0. The van der Waals surface area contributed by atoms with Crippen LogP contribution in [0.4, 0.5) is 0 Å². The molecule has 1 heterocycles. The molecule has 70 valence electrons. The van der Waals surface area contributed by atoms with Crippen molar-refractivity contribution in [1.82, 2.24) is 4.98 Å². The van der Waals surface area contributed by atoms with Gasteiger partial charge in [-0.1, -0.05) is 46.4 Å². The SMILES string of the molecule is S=C1CC(Br)=CC=C1c1ccccn1. The van der Waals surface area contributed by atoms with E-state index in [2.05, 4.69) is 20.9 Å². The van der Waals surface area contributed by atoms with Gasteiger partial charge in [0.15, 0.2) is 0 Å². The summed E-state index contributed by atoms with van der Waals surface area (Å²) < 4.78 is 1.13. The van der Waals surface area contributed by atoms with Gasteiger partial charge < -0.3 is 0 Å². The summed E-state index contributed by atoms with van der Waals surface area (Å²) in [5, 5.41) is 0. The highest BCUT2D eigenvalue weighted by molar-refractivity contribution is 9.11. The lowest BCUT2D eigenvalue weighted by molar-refractivity contribution is 1.28. The molecule has 0 aliphatic heterocycles. The van der Waals surface area contributed by atoms with Crippen molar-refractivity contribution in [3.63, 3.8) is 0 Å². The van der Waals surface area contributed by atoms with Crippen molar-refractivity contribution >= 4 is 38.6 Å². The molecule has 0 saturated heterocycles. The second-order valence-corrected chi connectivity index (χ2v) is 4.52. The number of nitrogens with zero attached hydrogens (tertiary/aromatic N) is 1. The Morgan fingerprint density at radius 1 is 1.29 bits per heavy atom. The fourth-order valence-corrected chi connectivity index (χ4v) is 2.25. The largest absolute Gasteiger partial charge is 0.256 e. The Hall–Kier alpha value is -0.800. The summed E-state index contributed by atoms with van der Waals surface area (Å²) in [6.07, 6.45) is 6.63. The average Bonchev–Trinajstić information content (AvgIpc) is 2.19. The predicted octanol–water partition coefficient (Wildman–Crippen LogP) is 3.52. The highest BCUT2D eigenvalue weighted by Crippen LogP contribution is 2.26. The summed E-state index contributed by atoms with van der Waals surface area (Å²) >= 11 is 8.74. The molecular formula is C11H8BrNS. The molecule has 0 amide bonds. The number of thiocarbonyl (C=S) groups is 1. The lowest BCUT2D eigenvalue weighted by Gasteiger charge is -2.11. The van der Waals surface area contributed by atoms with Crippen LogP contribution in [0, 0.1) is 0 Å². The summed E-state index contributed by atoms with van der Waals surface area (Å²) in [7, 11) is 0. The van der Waals surface area contributed by atoms with Crippen molar-refractivity contribution in [2.24, 2.45) is 0 Å². The van der Waals surface area contributed by atoms with E-state index in [0.717, 1.165) is 27.0 Å². The Labute approximate surface area is 96.7 Å². The molecule has 1 aliphatic carbocycles. The van der Waals surface area contributed by atoms with E-state index in [1.807, 2.05) is 30.4 Å². The zero-order valence-electron chi connectivity index (χ0n) is 7.40. The summed E-state index contributed by atoms with van der Waals surface area (Å²) in [4.78, 5) is 5.22. The number of halogens is 1. The fraction of sp³-hybridized carbons (Fsp3) is 0.0909. The van der Waals surface area contributed by atoms with E-state index in [1.165, 1.54) is 0 Å². The highest BCUT2D eigenvalue weighted by atomic mass is 79.9. The smallest absolute Gasteiger partial charge is 0.0713 e. The second-order valence-electron chi connectivity index (χ2n) is 3.01. The maximum absolute atomic E-state index is 5.31. The van der Waals surface area contributed by atoms with Crippen LogP contribution in [-0.2, 0) is 0 Å². The third-order valence-electron chi connectivity index (χ3n) is 2.00. The normalized spacial score (nSPS) is 16.2. The Morgan fingerprint density at radius 2 is 2.14 bits per heavy atom. The van der Waals surface area contributed by atoms with Crippen molar-refractivity contribution < 1.29 is 0 Å². The van der Waals surface area contributed by atoms with Crippen LogP contribution in [0.2, 0.25) is 0 Å². The molecule has 0 unspecified atom stereocenters. The zero-order chi connectivity index (χ0) is 9.97.